The van der Waals surface area contributed by atoms with Crippen LogP contribution >= 0.6 is 0 Å². The molecule has 0 heterocycles. The number of benzene rings is 1. The van der Waals surface area contributed by atoms with Crippen LogP contribution in [0.2, 0.25) is 0 Å². The molecule has 0 fully saturated rings. The highest BCUT2D eigenvalue weighted by Crippen LogP contribution is 2.26. The Morgan fingerprint density at radius 3 is 2.71 bits per heavy atom. The van der Waals surface area contributed by atoms with Crippen LogP contribution in [0, 0.1) is 5.92 Å². The molecule has 2 heteroatoms. The molecular formula is C12H18O2. The van der Waals surface area contributed by atoms with E-state index < -0.39 is 6.10 Å². The van der Waals surface area contributed by atoms with Crippen molar-refractivity contribution >= 4 is 0 Å². The van der Waals surface area contributed by atoms with E-state index in [1.165, 1.54) is 0 Å². The molecule has 0 saturated carbocycles. The summed E-state index contributed by atoms with van der Waals surface area (Å²) in [4.78, 5) is 0. The van der Waals surface area contributed by atoms with E-state index in [1.807, 2.05) is 31.2 Å². The van der Waals surface area contributed by atoms with Crippen LogP contribution in [0.25, 0.3) is 0 Å². The number of ether oxygens (including phenoxy) is 1. The zero-order valence-corrected chi connectivity index (χ0v) is 9.03. The number of methoxy groups -OCH3 is 1. The lowest BCUT2D eigenvalue weighted by molar-refractivity contribution is 0.115. The Morgan fingerprint density at radius 2 is 2.14 bits per heavy atom. The van der Waals surface area contributed by atoms with Crippen LogP contribution in [-0.4, -0.2) is 12.2 Å². The molecular weight excluding hydrogens is 176 g/mol. The van der Waals surface area contributed by atoms with Crippen LogP contribution in [0.1, 0.15) is 31.9 Å². The van der Waals surface area contributed by atoms with E-state index in [0.29, 0.717) is 0 Å². The second-order valence-corrected chi connectivity index (χ2v) is 3.61. The topological polar surface area (TPSA) is 29.5 Å². The lowest BCUT2D eigenvalue weighted by atomic mass is 9.95. The summed E-state index contributed by atoms with van der Waals surface area (Å²) >= 11 is 0. The average molecular weight is 194 g/mol. The summed E-state index contributed by atoms with van der Waals surface area (Å²) in [5.74, 6) is 1.08. The van der Waals surface area contributed by atoms with Gasteiger partial charge in [-0.3, -0.25) is 0 Å². The fourth-order valence-corrected chi connectivity index (χ4v) is 1.38. The number of hydrogen-bond donors (Lipinski definition) is 1. The molecule has 0 aromatic heterocycles. The van der Waals surface area contributed by atoms with Crippen molar-refractivity contribution in [2.75, 3.05) is 7.11 Å². The van der Waals surface area contributed by atoms with Gasteiger partial charge in [0.2, 0.25) is 0 Å². The normalized spacial score (nSPS) is 14.9. The van der Waals surface area contributed by atoms with Gasteiger partial charge in [0.1, 0.15) is 5.75 Å². The summed E-state index contributed by atoms with van der Waals surface area (Å²) in [5, 5.41) is 9.95. The average Bonchev–Trinajstić information content (AvgIpc) is 2.27. The Kier molecular flexibility index (Phi) is 3.96. The van der Waals surface area contributed by atoms with Crippen molar-refractivity contribution in [3.8, 4) is 5.75 Å². The zero-order chi connectivity index (χ0) is 10.6. The summed E-state index contributed by atoms with van der Waals surface area (Å²) in [5.41, 5.74) is 0.929. The van der Waals surface area contributed by atoms with E-state index in [4.69, 9.17) is 4.74 Å². The molecule has 0 aliphatic carbocycles. The van der Waals surface area contributed by atoms with Crippen LogP contribution < -0.4 is 4.74 Å². The van der Waals surface area contributed by atoms with Gasteiger partial charge in [-0.1, -0.05) is 32.4 Å². The fraction of sp³-hybridized carbons (Fsp3) is 0.500. The van der Waals surface area contributed by atoms with Crippen LogP contribution in [0.15, 0.2) is 24.3 Å². The number of rotatable bonds is 4. The maximum Gasteiger partial charge on any atom is 0.119 e. The lowest BCUT2D eigenvalue weighted by Crippen LogP contribution is -2.07. The van der Waals surface area contributed by atoms with Crippen LogP contribution in [0.3, 0.4) is 0 Å². The maximum atomic E-state index is 9.95. The van der Waals surface area contributed by atoms with Gasteiger partial charge in [0.15, 0.2) is 0 Å². The first-order valence-electron chi connectivity index (χ1n) is 5.01. The van der Waals surface area contributed by atoms with E-state index >= 15 is 0 Å². The molecule has 0 saturated heterocycles. The summed E-state index contributed by atoms with van der Waals surface area (Å²) in [6.45, 7) is 4.12. The summed E-state index contributed by atoms with van der Waals surface area (Å²) in [6.07, 6.45) is 0.577. The molecule has 0 radical (unpaired) electrons. The number of hydrogen-bond acceptors (Lipinski definition) is 2. The summed E-state index contributed by atoms with van der Waals surface area (Å²) < 4.78 is 5.11. The molecule has 0 amide bonds. The van der Waals surface area contributed by atoms with Crippen LogP contribution in [0.4, 0.5) is 0 Å². The van der Waals surface area contributed by atoms with Crippen molar-refractivity contribution < 1.29 is 9.84 Å². The van der Waals surface area contributed by atoms with Gasteiger partial charge >= 0.3 is 0 Å². The molecule has 1 aromatic rings. The van der Waals surface area contributed by atoms with Gasteiger partial charge in [-0.15, -0.1) is 0 Å². The van der Waals surface area contributed by atoms with Crippen LogP contribution in [0.5, 0.6) is 5.75 Å². The molecule has 0 aliphatic rings. The minimum Gasteiger partial charge on any atom is -0.497 e. The van der Waals surface area contributed by atoms with E-state index in [0.717, 1.165) is 17.7 Å². The summed E-state index contributed by atoms with van der Waals surface area (Å²) in [6, 6.07) is 7.60. The molecule has 1 rings (SSSR count). The lowest BCUT2D eigenvalue weighted by Gasteiger charge is -2.17. The molecule has 2 nitrogen and oxygen atoms in total. The molecule has 2 atom stereocenters. The third-order valence-electron chi connectivity index (χ3n) is 2.62. The predicted octanol–water partition coefficient (Wildman–Crippen LogP) is 2.77. The first-order valence-corrected chi connectivity index (χ1v) is 5.01. The van der Waals surface area contributed by atoms with Crippen LogP contribution in [-0.2, 0) is 0 Å². The molecule has 1 unspecified atom stereocenters. The maximum absolute atomic E-state index is 9.95. The smallest absolute Gasteiger partial charge is 0.119 e. The number of aliphatic hydroxyl groups excluding tert-OH is 1. The van der Waals surface area contributed by atoms with Crippen molar-refractivity contribution in [1.82, 2.24) is 0 Å². The van der Waals surface area contributed by atoms with Crippen molar-refractivity contribution in [2.24, 2.45) is 5.92 Å². The predicted molar refractivity (Wildman–Crippen MR) is 57.4 cm³/mol. The highest BCUT2D eigenvalue weighted by Gasteiger charge is 2.14. The third kappa shape index (κ3) is 2.48. The van der Waals surface area contributed by atoms with E-state index in [9.17, 15) is 5.11 Å². The minimum atomic E-state index is -0.393. The molecule has 14 heavy (non-hydrogen) atoms. The van der Waals surface area contributed by atoms with Gasteiger partial charge in [0, 0.05) is 0 Å². The highest BCUT2D eigenvalue weighted by molar-refractivity contribution is 5.29. The van der Waals surface area contributed by atoms with Gasteiger partial charge in [0.05, 0.1) is 13.2 Å². The Labute approximate surface area is 85.5 Å². The highest BCUT2D eigenvalue weighted by atomic mass is 16.5. The molecule has 0 aliphatic heterocycles. The Hall–Kier alpha value is -1.02. The quantitative estimate of drug-likeness (QED) is 0.798. The van der Waals surface area contributed by atoms with E-state index in [-0.39, 0.29) is 5.92 Å². The van der Waals surface area contributed by atoms with Crippen molar-refractivity contribution in [1.29, 1.82) is 0 Å². The van der Waals surface area contributed by atoms with Crippen molar-refractivity contribution in [3.63, 3.8) is 0 Å². The zero-order valence-electron chi connectivity index (χ0n) is 9.03. The Bertz CT molecular complexity index is 283. The van der Waals surface area contributed by atoms with Gasteiger partial charge in [0.25, 0.3) is 0 Å². The third-order valence-corrected chi connectivity index (χ3v) is 2.62. The van der Waals surface area contributed by atoms with Gasteiger partial charge in [-0.25, -0.2) is 0 Å². The van der Waals surface area contributed by atoms with Gasteiger partial charge < -0.3 is 9.84 Å². The summed E-state index contributed by atoms with van der Waals surface area (Å²) in [7, 11) is 1.63. The first-order chi connectivity index (χ1) is 6.69. The number of aliphatic hydroxyl groups is 1. The molecule has 1 N–H and O–H groups in total. The van der Waals surface area contributed by atoms with Crippen molar-refractivity contribution in [3.05, 3.63) is 29.8 Å². The Morgan fingerprint density at radius 1 is 1.43 bits per heavy atom. The van der Waals surface area contributed by atoms with Gasteiger partial charge in [-0.2, -0.15) is 0 Å². The SMILES string of the molecule is CCC(C)[C@@H](O)c1cccc(OC)c1. The molecule has 0 spiro atoms. The van der Waals surface area contributed by atoms with E-state index in [1.54, 1.807) is 7.11 Å². The monoisotopic (exact) mass is 194 g/mol. The second-order valence-electron chi connectivity index (χ2n) is 3.61. The van der Waals surface area contributed by atoms with Crippen molar-refractivity contribution in [2.45, 2.75) is 26.4 Å². The standard InChI is InChI=1S/C12H18O2/c1-4-9(2)12(13)10-6-5-7-11(8-10)14-3/h5-9,12-13H,4H2,1-3H3/t9?,12-/m1/s1. The Balaban J connectivity index is 2.83. The molecule has 0 bridgehead atoms. The molecule has 78 valence electrons. The largest absolute Gasteiger partial charge is 0.497 e. The fourth-order valence-electron chi connectivity index (χ4n) is 1.38. The second kappa shape index (κ2) is 5.01. The molecule has 1 aromatic carbocycles. The van der Waals surface area contributed by atoms with E-state index in [2.05, 4.69) is 6.92 Å². The minimum absolute atomic E-state index is 0.280. The van der Waals surface area contributed by atoms with Gasteiger partial charge in [-0.05, 0) is 23.6 Å². The first kappa shape index (κ1) is 11.1.